The standard InChI is InChI=1S/C14H26O2/c1-6-7-8-13(11(2)3)9-10-16-14(15)12(4)5/h11,13H,4,6-10H2,1-3,5H3. The third kappa shape index (κ3) is 6.65. The molecule has 0 aromatic carbocycles. The maximum atomic E-state index is 11.2. The summed E-state index contributed by atoms with van der Waals surface area (Å²) in [4.78, 5) is 11.2. The first-order chi connectivity index (χ1) is 7.49. The van der Waals surface area contributed by atoms with Crippen LogP contribution in [-0.4, -0.2) is 12.6 Å². The van der Waals surface area contributed by atoms with Crippen molar-refractivity contribution in [3.05, 3.63) is 12.2 Å². The summed E-state index contributed by atoms with van der Waals surface area (Å²) in [5, 5.41) is 0. The maximum Gasteiger partial charge on any atom is 0.333 e. The van der Waals surface area contributed by atoms with E-state index in [2.05, 4.69) is 27.4 Å². The van der Waals surface area contributed by atoms with Crippen molar-refractivity contribution >= 4 is 5.97 Å². The lowest BCUT2D eigenvalue weighted by molar-refractivity contribution is -0.139. The molecular weight excluding hydrogens is 200 g/mol. The van der Waals surface area contributed by atoms with E-state index in [9.17, 15) is 4.79 Å². The zero-order valence-corrected chi connectivity index (χ0v) is 11.2. The van der Waals surface area contributed by atoms with Gasteiger partial charge in [0.2, 0.25) is 0 Å². The molecule has 0 rings (SSSR count). The topological polar surface area (TPSA) is 26.3 Å². The molecule has 0 aliphatic heterocycles. The van der Waals surface area contributed by atoms with Crippen molar-refractivity contribution in [1.82, 2.24) is 0 Å². The highest BCUT2D eigenvalue weighted by Crippen LogP contribution is 2.21. The molecule has 0 N–H and O–H groups in total. The number of carbonyl (C=O) groups is 1. The Balaban J connectivity index is 3.84. The molecule has 1 atom stereocenters. The summed E-state index contributed by atoms with van der Waals surface area (Å²) in [5.41, 5.74) is 0.481. The maximum absolute atomic E-state index is 11.2. The van der Waals surface area contributed by atoms with E-state index < -0.39 is 0 Å². The van der Waals surface area contributed by atoms with Crippen molar-refractivity contribution in [3.8, 4) is 0 Å². The van der Waals surface area contributed by atoms with Crippen molar-refractivity contribution in [1.29, 1.82) is 0 Å². The summed E-state index contributed by atoms with van der Waals surface area (Å²) in [7, 11) is 0. The minimum atomic E-state index is -0.266. The van der Waals surface area contributed by atoms with Gasteiger partial charge in [0, 0.05) is 5.57 Å². The highest BCUT2D eigenvalue weighted by molar-refractivity contribution is 5.86. The quantitative estimate of drug-likeness (QED) is 0.462. The second-order valence-electron chi connectivity index (χ2n) is 4.85. The molecule has 0 aliphatic carbocycles. The molecule has 0 heterocycles. The Hall–Kier alpha value is -0.790. The Morgan fingerprint density at radius 1 is 1.31 bits per heavy atom. The first-order valence-corrected chi connectivity index (χ1v) is 6.31. The van der Waals surface area contributed by atoms with Crippen LogP contribution < -0.4 is 0 Å². The number of hydrogen-bond acceptors (Lipinski definition) is 2. The van der Waals surface area contributed by atoms with Gasteiger partial charge in [0.05, 0.1) is 6.61 Å². The second kappa shape index (κ2) is 8.37. The van der Waals surface area contributed by atoms with Gasteiger partial charge in [-0.3, -0.25) is 0 Å². The molecule has 0 saturated heterocycles. The summed E-state index contributed by atoms with van der Waals surface area (Å²) in [6.45, 7) is 12.4. The normalized spacial score (nSPS) is 12.6. The number of rotatable bonds is 8. The highest BCUT2D eigenvalue weighted by atomic mass is 16.5. The van der Waals surface area contributed by atoms with E-state index >= 15 is 0 Å². The predicted octanol–water partition coefficient (Wildman–Crippen LogP) is 3.96. The molecule has 2 nitrogen and oxygen atoms in total. The third-order valence-corrected chi connectivity index (χ3v) is 2.94. The Labute approximate surface area is 100 Å². The lowest BCUT2D eigenvalue weighted by Gasteiger charge is -2.20. The monoisotopic (exact) mass is 226 g/mol. The predicted molar refractivity (Wildman–Crippen MR) is 68.2 cm³/mol. The van der Waals surface area contributed by atoms with E-state index in [1.807, 2.05) is 0 Å². The second-order valence-corrected chi connectivity index (χ2v) is 4.85. The van der Waals surface area contributed by atoms with Crippen molar-refractivity contribution in [2.45, 2.75) is 53.4 Å². The molecule has 16 heavy (non-hydrogen) atoms. The lowest BCUT2D eigenvalue weighted by Crippen LogP contribution is -2.14. The van der Waals surface area contributed by atoms with Crippen molar-refractivity contribution in [2.24, 2.45) is 11.8 Å². The molecule has 2 heteroatoms. The molecule has 0 aliphatic rings. The van der Waals surface area contributed by atoms with Crippen LogP contribution in [0.15, 0.2) is 12.2 Å². The van der Waals surface area contributed by atoms with E-state index in [4.69, 9.17) is 4.74 Å². The van der Waals surface area contributed by atoms with Crippen LogP contribution in [0.4, 0.5) is 0 Å². The van der Waals surface area contributed by atoms with Gasteiger partial charge in [-0.05, 0) is 25.2 Å². The molecule has 0 aromatic rings. The van der Waals surface area contributed by atoms with Crippen molar-refractivity contribution in [3.63, 3.8) is 0 Å². The van der Waals surface area contributed by atoms with Gasteiger partial charge >= 0.3 is 5.97 Å². The fourth-order valence-corrected chi connectivity index (χ4v) is 1.70. The lowest BCUT2D eigenvalue weighted by atomic mass is 9.88. The van der Waals surface area contributed by atoms with Crippen molar-refractivity contribution in [2.75, 3.05) is 6.61 Å². The number of unbranched alkanes of at least 4 members (excludes halogenated alkanes) is 1. The van der Waals surface area contributed by atoms with E-state index in [1.54, 1.807) is 6.92 Å². The van der Waals surface area contributed by atoms with E-state index in [0.717, 1.165) is 6.42 Å². The Bertz CT molecular complexity index is 219. The summed E-state index contributed by atoms with van der Waals surface area (Å²) in [6, 6.07) is 0. The SMILES string of the molecule is C=C(C)C(=O)OCCC(CCCC)C(C)C. The van der Waals surface area contributed by atoms with E-state index in [-0.39, 0.29) is 5.97 Å². The molecular formula is C14H26O2. The molecule has 0 radical (unpaired) electrons. The molecule has 0 aromatic heterocycles. The number of carbonyl (C=O) groups excluding carboxylic acids is 1. The van der Waals surface area contributed by atoms with Crippen LogP contribution in [0.5, 0.6) is 0 Å². The van der Waals surface area contributed by atoms with Gasteiger partial charge in [0.1, 0.15) is 0 Å². The average molecular weight is 226 g/mol. The molecule has 0 bridgehead atoms. The largest absolute Gasteiger partial charge is 0.462 e. The van der Waals surface area contributed by atoms with E-state index in [1.165, 1.54) is 19.3 Å². The average Bonchev–Trinajstić information content (AvgIpc) is 2.21. The van der Waals surface area contributed by atoms with Gasteiger partial charge in [-0.15, -0.1) is 0 Å². The summed E-state index contributed by atoms with van der Waals surface area (Å²) in [6.07, 6.45) is 4.70. The zero-order chi connectivity index (χ0) is 12.6. The van der Waals surface area contributed by atoms with E-state index in [0.29, 0.717) is 24.0 Å². The third-order valence-electron chi connectivity index (χ3n) is 2.94. The first kappa shape index (κ1) is 15.2. The fourth-order valence-electron chi connectivity index (χ4n) is 1.70. The Morgan fingerprint density at radius 2 is 1.94 bits per heavy atom. The fraction of sp³-hybridized carbons (Fsp3) is 0.786. The molecule has 0 spiro atoms. The van der Waals surface area contributed by atoms with Crippen molar-refractivity contribution < 1.29 is 9.53 Å². The van der Waals surface area contributed by atoms with Crippen LogP contribution in [0.25, 0.3) is 0 Å². The first-order valence-electron chi connectivity index (χ1n) is 6.31. The van der Waals surface area contributed by atoms with Crippen LogP contribution in [0.1, 0.15) is 53.4 Å². The minimum absolute atomic E-state index is 0.266. The molecule has 0 saturated carbocycles. The van der Waals surface area contributed by atoms with Gasteiger partial charge in [-0.2, -0.15) is 0 Å². The minimum Gasteiger partial charge on any atom is -0.462 e. The number of ether oxygens (including phenoxy) is 1. The molecule has 94 valence electrons. The summed E-state index contributed by atoms with van der Waals surface area (Å²) >= 11 is 0. The van der Waals surface area contributed by atoms with Gasteiger partial charge in [-0.25, -0.2) is 4.79 Å². The zero-order valence-electron chi connectivity index (χ0n) is 11.2. The smallest absolute Gasteiger partial charge is 0.333 e. The van der Waals surface area contributed by atoms with Crippen LogP contribution in [0.3, 0.4) is 0 Å². The number of hydrogen-bond donors (Lipinski definition) is 0. The van der Waals surface area contributed by atoms with Crippen LogP contribution in [-0.2, 0) is 9.53 Å². The van der Waals surface area contributed by atoms with Gasteiger partial charge in [0.15, 0.2) is 0 Å². The van der Waals surface area contributed by atoms with Gasteiger partial charge in [0.25, 0.3) is 0 Å². The highest BCUT2D eigenvalue weighted by Gasteiger charge is 2.13. The summed E-state index contributed by atoms with van der Waals surface area (Å²) in [5.74, 6) is 1.06. The van der Waals surface area contributed by atoms with Crippen LogP contribution in [0.2, 0.25) is 0 Å². The van der Waals surface area contributed by atoms with Crippen LogP contribution >= 0.6 is 0 Å². The Morgan fingerprint density at radius 3 is 2.38 bits per heavy atom. The molecule has 0 fully saturated rings. The van der Waals surface area contributed by atoms with Gasteiger partial charge in [-0.1, -0.05) is 46.6 Å². The van der Waals surface area contributed by atoms with Gasteiger partial charge < -0.3 is 4.74 Å². The number of esters is 1. The molecule has 0 amide bonds. The van der Waals surface area contributed by atoms with Crippen LogP contribution in [0, 0.1) is 11.8 Å². The molecule has 1 unspecified atom stereocenters. The summed E-state index contributed by atoms with van der Waals surface area (Å²) < 4.78 is 5.13. The Kier molecular flexibility index (Phi) is 7.96.